The van der Waals surface area contributed by atoms with Crippen molar-refractivity contribution in [3.8, 4) is 11.8 Å². The molecule has 1 fully saturated rings. The predicted molar refractivity (Wildman–Crippen MR) is 87.9 cm³/mol. The van der Waals surface area contributed by atoms with Crippen LogP contribution in [0.5, 0.6) is 0 Å². The largest absolute Gasteiger partial charge is 0.453 e. The third-order valence-corrected chi connectivity index (χ3v) is 3.51. The van der Waals surface area contributed by atoms with E-state index in [1.54, 1.807) is 0 Å². The van der Waals surface area contributed by atoms with Crippen LogP contribution >= 0.6 is 0 Å². The standard InChI is InChI=1S/C16H19N3O7/c1-9(21)17-15-11(4-3-5-25-10(2)22)7-19(16(24)18-15)14-6-12(23)13(8-20)26-14/h7,12-14,20,23H,5-6,8H2,1-2H3,(H,17,18,21,24)/t12-,13+,14+/m0/s1. The molecule has 0 unspecified atom stereocenters. The zero-order valence-electron chi connectivity index (χ0n) is 14.3. The summed E-state index contributed by atoms with van der Waals surface area (Å²) in [5, 5.41) is 21.4. The molecule has 1 amide bonds. The molecule has 0 aliphatic carbocycles. The quantitative estimate of drug-likeness (QED) is 0.444. The van der Waals surface area contributed by atoms with Crippen molar-refractivity contribution in [2.75, 3.05) is 18.5 Å². The second kappa shape index (κ2) is 8.57. The van der Waals surface area contributed by atoms with Gasteiger partial charge in [0.1, 0.15) is 12.3 Å². The van der Waals surface area contributed by atoms with Crippen molar-refractivity contribution in [2.45, 2.75) is 38.7 Å². The Morgan fingerprint density at radius 1 is 1.50 bits per heavy atom. The average molecular weight is 365 g/mol. The van der Waals surface area contributed by atoms with Crippen LogP contribution in [0.2, 0.25) is 0 Å². The lowest BCUT2D eigenvalue weighted by Gasteiger charge is -2.15. The van der Waals surface area contributed by atoms with E-state index in [0.717, 1.165) is 4.57 Å². The molecule has 1 aromatic rings. The molecule has 1 aliphatic rings. The van der Waals surface area contributed by atoms with E-state index in [4.69, 9.17) is 14.6 Å². The fourth-order valence-corrected chi connectivity index (χ4v) is 2.35. The molecule has 0 bridgehead atoms. The number of aromatic nitrogens is 2. The van der Waals surface area contributed by atoms with Crippen molar-refractivity contribution in [2.24, 2.45) is 0 Å². The van der Waals surface area contributed by atoms with Crippen molar-refractivity contribution in [3.05, 3.63) is 22.2 Å². The van der Waals surface area contributed by atoms with Gasteiger partial charge in [-0.2, -0.15) is 4.98 Å². The van der Waals surface area contributed by atoms with Crippen LogP contribution in [0.4, 0.5) is 5.82 Å². The maximum atomic E-state index is 12.2. The van der Waals surface area contributed by atoms with E-state index in [9.17, 15) is 19.5 Å². The van der Waals surface area contributed by atoms with Crippen molar-refractivity contribution in [1.29, 1.82) is 0 Å². The minimum absolute atomic E-state index is 0.0358. The number of nitrogens with zero attached hydrogens (tertiary/aromatic N) is 2. The maximum absolute atomic E-state index is 12.2. The van der Waals surface area contributed by atoms with Crippen LogP contribution in [0.25, 0.3) is 0 Å². The highest BCUT2D eigenvalue weighted by atomic mass is 16.5. The molecular formula is C16H19N3O7. The van der Waals surface area contributed by atoms with Crippen LogP contribution < -0.4 is 11.0 Å². The van der Waals surface area contributed by atoms with Gasteiger partial charge in [-0.15, -0.1) is 0 Å². The first kappa shape index (κ1) is 19.6. The van der Waals surface area contributed by atoms with Gasteiger partial charge < -0.3 is 25.0 Å². The third kappa shape index (κ3) is 4.89. The Kier molecular flexibility index (Phi) is 6.46. The lowest BCUT2D eigenvalue weighted by atomic mass is 10.2. The molecule has 3 atom stereocenters. The molecule has 1 aliphatic heterocycles. The number of anilines is 1. The summed E-state index contributed by atoms with van der Waals surface area (Å²) in [6, 6.07) is 0. The highest BCUT2D eigenvalue weighted by molar-refractivity contribution is 5.88. The minimum Gasteiger partial charge on any atom is -0.453 e. The Bertz CT molecular complexity index is 808. The molecular weight excluding hydrogens is 346 g/mol. The fourth-order valence-electron chi connectivity index (χ4n) is 2.35. The van der Waals surface area contributed by atoms with Gasteiger partial charge in [-0.3, -0.25) is 14.2 Å². The average Bonchev–Trinajstić information content (AvgIpc) is 2.93. The van der Waals surface area contributed by atoms with Gasteiger partial charge >= 0.3 is 11.7 Å². The Morgan fingerprint density at radius 3 is 2.81 bits per heavy atom. The number of rotatable bonds is 4. The van der Waals surface area contributed by atoms with Crippen LogP contribution in [0.1, 0.15) is 32.1 Å². The first-order valence-corrected chi connectivity index (χ1v) is 7.79. The van der Waals surface area contributed by atoms with E-state index in [1.807, 2.05) is 0 Å². The van der Waals surface area contributed by atoms with Crippen molar-refractivity contribution >= 4 is 17.7 Å². The second-order valence-electron chi connectivity index (χ2n) is 5.57. The van der Waals surface area contributed by atoms with Gasteiger partial charge in [0.25, 0.3) is 0 Å². The van der Waals surface area contributed by atoms with Crippen molar-refractivity contribution in [1.82, 2.24) is 9.55 Å². The van der Waals surface area contributed by atoms with Gasteiger partial charge in [-0.05, 0) is 0 Å². The molecule has 0 aromatic carbocycles. The molecule has 10 nitrogen and oxygen atoms in total. The molecule has 1 saturated heterocycles. The zero-order valence-corrected chi connectivity index (χ0v) is 14.3. The summed E-state index contributed by atoms with van der Waals surface area (Å²) in [6.07, 6.45) is -1.14. The highest BCUT2D eigenvalue weighted by Crippen LogP contribution is 2.27. The van der Waals surface area contributed by atoms with E-state index < -0.39 is 42.6 Å². The van der Waals surface area contributed by atoms with E-state index in [0.29, 0.717) is 0 Å². The predicted octanol–water partition coefficient (Wildman–Crippen LogP) is -1.24. The zero-order chi connectivity index (χ0) is 19.3. The molecule has 140 valence electrons. The monoisotopic (exact) mass is 365 g/mol. The number of aliphatic hydroxyl groups excluding tert-OH is 2. The fraction of sp³-hybridized carbons (Fsp3) is 0.500. The first-order valence-electron chi connectivity index (χ1n) is 7.79. The molecule has 2 heterocycles. The van der Waals surface area contributed by atoms with Gasteiger partial charge in [0.15, 0.2) is 12.4 Å². The van der Waals surface area contributed by atoms with Crippen LogP contribution in [-0.2, 0) is 19.1 Å². The number of aliphatic hydroxyl groups is 2. The van der Waals surface area contributed by atoms with Gasteiger partial charge in [0.2, 0.25) is 5.91 Å². The van der Waals surface area contributed by atoms with Gasteiger partial charge in [-0.25, -0.2) is 4.79 Å². The van der Waals surface area contributed by atoms with Gasteiger partial charge in [-0.1, -0.05) is 11.8 Å². The number of esters is 1. The number of ether oxygens (including phenoxy) is 2. The number of hydrogen-bond donors (Lipinski definition) is 3. The molecule has 0 saturated carbocycles. The van der Waals surface area contributed by atoms with Gasteiger partial charge in [0, 0.05) is 26.5 Å². The topological polar surface area (TPSA) is 140 Å². The number of carbonyl (C=O) groups excluding carboxylic acids is 2. The molecule has 3 N–H and O–H groups in total. The highest BCUT2D eigenvalue weighted by Gasteiger charge is 2.35. The summed E-state index contributed by atoms with van der Waals surface area (Å²) in [4.78, 5) is 38.1. The first-order chi connectivity index (χ1) is 12.3. The molecule has 0 radical (unpaired) electrons. The summed E-state index contributed by atoms with van der Waals surface area (Å²) in [5.41, 5.74) is -0.507. The summed E-state index contributed by atoms with van der Waals surface area (Å²) in [5.74, 6) is 4.28. The molecule has 10 heteroatoms. The van der Waals surface area contributed by atoms with Crippen LogP contribution in [0, 0.1) is 11.8 Å². The van der Waals surface area contributed by atoms with Crippen LogP contribution in [-0.4, -0.2) is 57.1 Å². The van der Waals surface area contributed by atoms with Crippen molar-refractivity contribution < 1.29 is 29.3 Å². The number of amides is 1. The number of nitrogens with one attached hydrogen (secondary N) is 1. The lowest BCUT2D eigenvalue weighted by molar-refractivity contribution is -0.139. The van der Waals surface area contributed by atoms with Gasteiger partial charge in [0.05, 0.1) is 18.3 Å². The van der Waals surface area contributed by atoms with E-state index in [1.165, 1.54) is 20.0 Å². The Morgan fingerprint density at radius 2 is 2.23 bits per heavy atom. The summed E-state index contributed by atoms with van der Waals surface area (Å²) in [6.45, 7) is 1.94. The Hall–Kier alpha value is -2.74. The normalized spacial score (nSPS) is 21.6. The molecule has 2 rings (SSSR count). The summed E-state index contributed by atoms with van der Waals surface area (Å²) < 4.78 is 11.3. The molecule has 26 heavy (non-hydrogen) atoms. The summed E-state index contributed by atoms with van der Waals surface area (Å²) >= 11 is 0. The van der Waals surface area contributed by atoms with E-state index >= 15 is 0 Å². The summed E-state index contributed by atoms with van der Waals surface area (Å²) in [7, 11) is 0. The van der Waals surface area contributed by atoms with Crippen LogP contribution in [0.15, 0.2) is 11.0 Å². The minimum atomic E-state index is -0.926. The van der Waals surface area contributed by atoms with E-state index in [-0.39, 0.29) is 24.4 Å². The van der Waals surface area contributed by atoms with Crippen LogP contribution in [0.3, 0.4) is 0 Å². The SMILES string of the molecule is CC(=O)Nc1nc(=O)n([C@H]2C[C@H](O)[C@@H](CO)O2)cc1C#CCOC(C)=O. The van der Waals surface area contributed by atoms with E-state index in [2.05, 4.69) is 22.1 Å². The second-order valence-corrected chi connectivity index (χ2v) is 5.57. The lowest BCUT2D eigenvalue weighted by Crippen LogP contribution is -2.29. The Balaban J connectivity index is 2.35. The third-order valence-electron chi connectivity index (χ3n) is 3.51. The maximum Gasteiger partial charge on any atom is 0.351 e. The Labute approximate surface area is 148 Å². The number of carbonyl (C=O) groups is 2. The number of hydrogen-bond acceptors (Lipinski definition) is 8. The smallest absolute Gasteiger partial charge is 0.351 e. The molecule has 0 spiro atoms. The molecule has 1 aromatic heterocycles. The van der Waals surface area contributed by atoms with Crippen molar-refractivity contribution in [3.63, 3.8) is 0 Å².